The summed E-state index contributed by atoms with van der Waals surface area (Å²) in [6.45, 7) is 4.71. The van der Waals surface area contributed by atoms with Crippen molar-refractivity contribution in [3.05, 3.63) is 33.9 Å². The number of aliphatic hydroxyl groups excluding tert-OH is 1. The van der Waals surface area contributed by atoms with Gasteiger partial charge >= 0.3 is 106 Å². The molecule has 0 saturated heterocycles. The van der Waals surface area contributed by atoms with Crippen LogP contribution in [0.5, 0.6) is 0 Å². The van der Waals surface area contributed by atoms with Crippen molar-refractivity contribution in [1.82, 2.24) is 3.92 Å². The topological polar surface area (TPSA) is 66.6 Å². The van der Waals surface area contributed by atoms with Crippen molar-refractivity contribution < 1.29 is 10.0 Å². The van der Waals surface area contributed by atoms with Gasteiger partial charge in [0.05, 0.1) is 0 Å². The summed E-state index contributed by atoms with van der Waals surface area (Å²) >= 11 is -0.0920. The molecule has 0 atom stereocenters. The Kier molecular flexibility index (Phi) is 3.23. The molecule has 0 bridgehead atoms. The van der Waals surface area contributed by atoms with Crippen LogP contribution >= 0.6 is 0 Å². The number of fused-ring (bicyclic) bond motifs is 1. The third-order valence-corrected chi connectivity index (χ3v) is 6.06. The fourth-order valence-corrected chi connectivity index (χ4v) is 4.90. The van der Waals surface area contributed by atoms with Crippen LogP contribution in [0.15, 0.2) is 18.2 Å². The summed E-state index contributed by atoms with van der Waals surface area (Å²) < 4.78 is 2.96. The van der Waals surface area contributed by atoms with Gasteiger partial charge in [0.1, 0.15) is 0 Å². The second-order valence-electron chi connectivity index (χ2n) is 4.39. The van der Waals surface area contributed by atoms with Gasteiger partial charge in [-0.1, -0.05) is 0 Å². The zero-order valence-corrected chi connectivity index (χ0v) is 11.4. The van der Waals surface area contributed by atoms with Gasteiger partial charge in [-0.15, -0.1) is 0 Å². The number of hydrogen-bond acceptors (Lipinski definition) is 4. The molecule has 1 N–H and O–H groups in total. The molecule has 92 valence electrons. The molecule has 1 heterocycles. The van der Waals surface area contributed by atoms with Crippen LogP contribution in [0.1, 0.15) is 19.4 Å². The standard InChI is InChI=1S/C11H14N2O3Se/c1-11(2)8-4-3-5-9(13(15)16)10(8)17-12(11)6-7-14/h3-5,14H,6-7H2,1-2H3. The van der Waals surface area contributed by atoms with E-state index in [0.717, 1.165) is 10.0 Å². The summed E-state index contributed by atoms with van der Waals surface area (Å²) in [7, 11) is 0. The molecule has 0 saturated carbocycles. The normalized spacial score (nSPS) is 18.1. The molecule has 0 spiro atoms. The van der Waals surface area contributed by atoms with Crippen molar-refractivity contribution in [2.45, 2.75) is 19.4 Å². The molecule has 2 rings (SSSR count). The Balaban J connectivity index is 2.49. The summed E-state index contributed by atoms with van der Waals surface area (Å²) in [6.07, 6.45) is 0. The van der Waals surface area contributed by atoms with Gasteiger partial charge in [-0.3, -0.25) is 0 Å². The minimum atomic E-state index is -0.320. The maximum absolute atomic E-state index is 11.0. The van der Waals surface area contributed by atoms with E-state index >= 15 is 0 Å². The number of rotatable bonds is 3. The molecular weight excluding hydrogens is 287 g/mol. The summed E-state index contributed by atoms with van der Waals surface area (Å²) in [5, 5.41) is 20.0. The van der Waals surface area contributed by atoms with Crippen LogP contribution in [-0.2, 0) is 5.54 Å². The molecule has 1 aromatic rings. The van der Waals surface area contributed by atoms with Crippen LogP contribution < -0.4 is 4.46 Å². The quantitative estimate of drug-likeness (QED) is 0.498. The summed E-state index contributed by atoms with van der Waals surface area (Å²) in [5.41, 5.74) is 0.987. The predicted octanol–water partition coefficient (Wildman–Crippen LogP) is 0.382. The minimum absolute atomic E-state index is 0.0764. The molecule has 6 heteroatoms. The Hall–Kier alpha value is -0.941. The van der Waals surface area contributed by atoms with Gasteiger partial charge in [0.25, 0.3) is 0 Å². The average Bonchev–Trinajstić information content (AvgIpc) is 2.52. The molecule has 1 aromatic carbocycles. The fraction of sp³-hybridized carbons (Fsp3) is 0.455. The van der Waals surface area contributed by atoms with Gasteiger partial charge in [0, 0.05) is 0 Å². The van der Waals surface area contributed by atoms with E-state index in [4.69, 9.17) is 5.11 Å². The van der Waals surface area contributed by atoms with Crippen molar-refractivity contribution >= 4 is 25.3 Å². The molecule has 1 aliphatic heterocycles. The van der Waals surface area contributed by atoms with Crippen molar-refractivity contribution in [2.24, 2.45) is 0 Å². The summed E-state index contributed by atoms with van der Waals surface area (Å²) in [4.78, 5) is 10.7. The van der Waals surface area contributed by atoms with Gasteiger partial charge in [-0.25, -0.2) is 0 Å². The number of benzene rings is 1. The first kappa shape index (κ1) is 12.5. The van der Waals surface area contributed by atoms with Crippen molar-refractivity contribution in [3.63, 3.8) is 0 Å². The predicted molar refractivity (Wildman–Crippen MR) is 65.3 cm³/mol. The molecular formula is C11H14N2O3Se. The van der Waals surface area contributed by atoms with Crippen molar-refractivity contribution in [3.8, 4) is 0 Å². The molecule has 0 aromatic heterocycles. The van der Waals surface area contributed by atoms with Crippen LogP contribution in [0.4, 0.5) is 5.69 Å². The van der Waals surface area contributed by atoms with Crippen LogP contribution in [0, 0.1) is 10.1 Å². The Morgan fingerprint density at radius 2 is 2.24 bits per heavy atom. The zero-order valence-electron chi connectivity index (χ0n) is 9.71. The van der Waals surface area contributed by atoms with Crippen molar-refractivity contribution in [2.75, 3.05) is 13.2 Å². The number of nitro groups is 1. The van der Waals surface area contributed by atoms with Crippen LogP contribution in [0.3, 0.4) is 0 Å². The Bertz CT molecular complexity index is 462. The van der Waals surface area contributed by atoms with Crippen LogP contribution in [-0.4, -0.2) is 42.3 Å². The Morgan fingerprint density at radius 1 is 1.53 bits per heavy atom. The van der Waals surface area contributed by atoms with E-state index in [1.54, 1.807) is 12.1 Å². The van der Waals surface area contributed by atoms with Crippen molar-refractivity contribution in [1.29, 1.82) is 0 Å². The number of nitrogens with zero attached hydrogens (tertiary/aromatic N) is 2. The summed E-state index contributed by atoms with van der Waals surface area (Å²) in [6, 6.07) is 5.23. The molecule has 0 fully saturated rings. The molecule has 5 nitrogen and oxygen atoms in total. The van der Waals surface area contributed by atoms with E-state index in [-0.39, 0.29) is 37.9 Å². The van der Waals surface area contributed by atoms with E-state index in [1.165, 1.54) is 0 Å². The second-order valence-corrected chi connectivity index (χ2v) is 6.55. The molecule has 0 unspecified atom stereocenters. The third-order valence-electron chi connectivity index (χ3n) is 2.98. The van der Waals surface area contributed by atoms with E-state index in [1.807, 2.05) is 19.9 Å². The Labute approximate surface area is 106 Å². The van der Waals surface area contributed by atoms with Gasteiger partial charge in [-0.05, 0) is 0 Å². The fourth-order valence-electron chi connectivity index (χ4n) is 2.02. The first-order valence-electron chi connectivity index (χ1n) is 5.33. The second kappa shape index (κ2) is 4.38. The van der Waals surface area contributed by atoms with E-state index < -0.39 is 0 Å². The average molecular weight is 301 g/mol. The number of aliphatic hydroxyl groups is 1. The maximum atomic E-state index is 11.0. The van der Waals surface area contributed by atoms with Gasteiger partial charge in [0.15, 0.2) is 0 Å². The van der Waals surface area contributed by atoms with Crippen LogP contribution in [0.2, 0.25) is 0 Å². The molecule has 0 amide bonds. The molecule has 1 aliphatic rings. The third kappa shape index (κ3) is 1.98. The van der Waals surface area contributed by atoms with Gasteiger partial charge in [-0.2, -0.15) is 0 Å². The number of β-amino-alcohol motifs (C(OH)–C–C–N with tert-alkyl or cyclic N) is 1. The van der Waals surface area contributed by atoms with Gasteiger partial charge in [0.2, 0.25) is 0 Å². The van der Waals surface area contributed by atoms with Gasteiger partial charge < -0.3 is 0 Å². The van der Waals surface area contributed by atoms with E-state index in [9.17, 15) is 10.1 Å². The molecule has 0 radical (unpaired) electrons. The van der Waals surface area contributed by atoms with E-state index in [0.29, 0.717) is 6.54 Å². The molecule has 0 aliphatic carbocycles. The SMILES string of the molecule is CC1(C)c2cccc([N+](=O)[O-])c2[Se]N1CCO. The number of hydrogen-bond donors (Lipinski definition) is 1. The van der Waals surface area contributed by atoms with E-state index in [2.05, 4.69) is 3.92 Å². The summed E-state index contributed by atoms with van der Waals surface area (Å²) in [5.74, 6) is 0. The Morgan fingerprint density at radius 3 is 2.82 bits per heavy atom. The monoisotopic (exact) mass is 302 g/mol. The first-order chi connectivity index (χ1) is 7.98. The van der Waals surface area contributed by atoms with Crippen LogP contribution in [0.25, 0.3) is 0 Å². The zero-order chi connectivity index (χ0) is 12.6. The first-order valence-corrected chi connectivity index (χ1v) is 6.95. The molecule has 17 heavy (non-hydrogen) atoms. The number of nitro benzene ring substituents is 1.